The van der Waals surface area contributed by atoms with Gasteiger partial charge >= 0.3 is 0 Å². The summed E-state index contributed by atoms with van der Waals surface area (Å²) in [5.74, 6) is 3.16. The molecule has 0 saturated heterocycles. The minimum atomic E-state index is -1.00. The predicted molar refractivity (Wildman–Crippen MR) is 140 cm³/mol. The maximum absolute atomic E-state index is 15.1. The van der Waals surface area contributed by atoms with Gasteiger partial charge in [0.1, 0.15) is 0 Å². The van der Waals surface area contributed by atoms with Gasteiger partial charge in [-0.05, 0) is 86.0 Å². The summed E-state index contributed by atoms with van der Waals surface area (Å²) in [6, 6.07) is 6.47. The van der Waals surface area contributed by atoms with Gasteiger partial charge in [-0.15, -0.1) is 0 Å². The molecule has 0 radical (unpaired) electrons. The van der Waals surface area contributed by atoms with E-state index in [0.29, 0.717) is 49.3 Å². The van der Waals surface area contributed by atoms with Crippen LogP contribution in [-0.2, 0) is 0 Å². The molecule has 37 heavy (non-hydrogen) atoms. The maximum atomic E-state index is 15.1. The van der Waals surface area contributed by atoms with E-state index in [4.69, 9.17) is 4.74 Å². The Morgan fingerprint density at radius 2 is 1.32 bits per heavy atom. The monoisotopic (exact) mass is 514 g/mol. The molecule has 0 heterocycles. The highest BCUT2D eigenvalue weighted by molar-refractivity contribution is 5.41. The molecule has 2 aliphatic rings. The number of rotatable bonds is 7. The molecule has 0 bridgehead atoms. The van der Waals surface area contributed by atoms with Crippen LogP contribution in [0.4, 0.5) is 17.6 Å². The van der Waals surface area contributed by atoms with Crippen molar-refractivity contribution in [1.29, 1.82) is 0 Å². The molecule has 0 spiro atoms. The van der Waals surface area contributed by atoms with E-state index in [1.807, 2.05) is 0 Å². The molecule has 2 saturated carbocycles. The highest BCUT2D eigenvalue weighted by Gasteiger charge is 2.28. The Morgan fingerprint density at radius 3 is 1.92 bits per heavy atom. The zero-order valence-electron chi connectivity index (χ0n) is 22.0. The molecule has 0 aliphatic heterocycles. The van der Waals surface area contributed by atoms with Gasteiger partial charge < -0.3 is 4.74 Å². The molecular formula is C32H38F4O. The molecule has 4 rings (SSSR count). The van der Waals surface area contributed by atoms with Crippen molar-refractivity contribution in [3.63, 3.8) is 0 Å². The van der Waals surface area contributed by atoms with Crippen LogP contribution >= 0.6 is 0 Å². The summed E-state index contributed by atoms with van der Waals surface area (Å²) in [6.45, 7) is 4.63. The summed E-state index contributed by atoms with van der Waals surface area (Å²) in [4.78, 5) is 0. The van der Waals surface area contributed by atoms with Crippen molar-refractivity contribution in [1.82, 2.24) is 0 Å². The Kier molecular flexibility index (Phi) is 9.57. The molecular weight excluding hydrogens is 476 g/mol. The number of benzene rings is 2. The Morgan fingerprint density at radius 1 is 0.730 bits per heavy atom. The molecule has 2 aromatic carbocycles. The fourth-order valence-electron chi connectivity index (χ4n) is 5.78. The van der Waals surface area contributed by atoms with E-state index in [-0.39, 0.29) is 29.1 Å². The van der Waals surface area contributed by atoms with Crippen molar-refractivity contribution in [3.05, 3.63) is 64.2 Å². The first-order valence-electron chi connectivity index (χ1n) is 14.0. The average Bonchev–Trinajstić information content (AvgIpc) is 2.91. The van der Waals surface area contributed by atoms with Crippen molar-refractivity contribution in [2.24, 2.45) is 11.8 Å². The van der Waals surface area contributed by atoms with Crippen molar-refractivity contribution < 1.29 is 22.3 Å². The molecule has 0 unspecified atom stereocenters. The first-order chi connectivity index (χ1) is 17.9. The van der Waals surface area contributed by atoms with Crippen molar-refractivity contribution in [2.45, 2.75) is 96.3 Å². The third-order valence-corrected chi connectivity index (χ3v) is 8.23. The molecule has 0 atom stereocenters. The summed E-state index contributed by atoms with van der Waals surface area (Å²) in [5, 5.41) is 0. The lowest BCUT2D eigenvalue weighted by Crippen LogP contribution is -2.16. The molecule has 2 aromatic rings. The lowest BCUT2D eigenvalue weighted by Gasteiger charge is -2.29. The van der Waals surface area contributed by atoms with E-state index < -0.39 is 23.3 Å². The summed E-state index contributed by atoms with van der Waals surface area (Å²) in [5.41, 5.74) is 1.00. The van der Waals surface area contributed by atoms with Gasteiger partial charge in [0.2, 0.25) is 5.82 Å². The van der Waals surface area contributed by atoms with Gasteiger partial charge in [0.05, 0.1) is 12.2 Å². The van der Waals surface area contributed by atoms with Gasteiger partial charge in [0, 0.05) is 5.92 Å². The summed E-state index contributed by atoms with van der Waals surface area (Å²) in [6.07, 6.45) is 9.56. The number of unbranched alkanes of at least 4 members (excludes halogenated alkanes) is 2. The van der Waals surface area contributed by atoms with Crippen LogP contribution in [0.15, 0.2) is 24.3 Å². The van der Waals surface area contributed by atoms with E-state index in [1.54, 1.807) is 12.1 Å². The molecule has 0 amide bonds. The third kappa shape index (κ3) is 6.70. The summed E-state index contributed by atoms with van der Waals surface area (Å²) < 4.78 is 64.4. The van der Waals surface area contributed by atoms with E-state index >= 15 is 8.78 Å². The second kappa shape index (κ2) is 12.9. The first-order valence-corrected chi connectivity index (χ1v) is 14.0. The molecule has 2 fully saturated rings. The molecule has 2 aliphatic carbocycles. The topological polar surface area (TPSA) is 9.23 Å². The smallest absolute Gasteiger partial charge is 0.201 e. The highest BCUT2D eigenvalue weighted by atomic mass is 19.2. The van der Waals surface area contributed by atoms with Gasteiger partial charge in [-0.2, -0.15) is 4.39 Å². The third-order valence-electron chi connectivity index (χ3n) is 8.23. The number of hydrogen-bond donors (Lipinski definition) is 0. The summed E-state index contributed by atoms with van der Waals surface area (Å²) in [7, 11) is 0. The summed E-state index contributed by atoms with van der Waals surface area (Å²) >= 11 is 0. The van der Waals surface area contributed by atoms with Crippen molar-refractivity contribution >= 4 is 0 Å². The van der Waals surface area contributed by atoms with Crippen LogP contribution in [0.1, 0.15) is 113 Å². The van der Waals surface area contributed by atoms with Crippen LogP contribution in [0.25, 0.3) is 0 Å². The number of ether oxygens (including phenoxy) is 1. The molecule has 0 N–H and O–H groups in total. The zero-order chi connectivity index (χ0) is 26.4. The fraction of sp³-hybridized carbons (Fsp3) is 0.562. The largest absolute Gasteiger partial charge is 0.490 e. The normalized spacial score (nSPS) is 23.8. The van der Waals surface area contributed by atoms with E-state index in [0.717, 1.165) is 44.9 Å². The Bertz CT molecular complexity index is 1120. The van der Waals surface area contributed by atoms with E-state index in [2.05, 4.69) is 25.7 Å². The fourth-order valence-corrected chi connectivity index (χ4v) is 5.78. The Labute approximate surface area is 219 Å². The maximum Gasteiger partial charge on any atom is 0.201 e. The van der Waals surface area contributed by atoms with Gasteiger partial charge in [0.25, 0.3) is 0 Å². The van der Waals surface area contributed by atoms with Gasteiger partial charge in [0.15, 0.2) is 23.2 Å². The lowest BCUT2D eigenvalue weighted by atomic mass is 9.76. The van der Waals surface area contributed by atoms with Crippen LogP contribution < -0.4 is 4.74 Å². The van der Waals surface area contributed by atoms with Crippen molar-refractivity contribution in [3.8, 4) is 17.6 Å². The highest BCUT2D eigenvalue weighted by Crippen LogP contribution is 2.41. The second-order valence-electron chi connectivity index (χ2n) is 10.9. The second-order valence-corrected chi connectivity index (χ2v) is 10.9. The minimum Gasteiger partial charge on any atom is -0.490 e. The molecule has 200 valence electrons. The van der Waals surface area contributed by atoms with Gasteiger partial charge in [-0.3, -0.25) is 0 Å². The van der Waals surface area contributed by atoms with Crippen LogP contribution in [0.5, 0.6) is 5.75 Å². The molecule has 5 heteroatoms. The standard InChI is InChI=1S/C32H38F4O/c1-3-4-5-20-37-28-19-16-25(29(33)32(28)36)15-10-22-8-13-24(14-9-22)27-18-17-26(30(34)31(27)35)23-11-6-21(2)7-12-23/h16-19,21-24H,3-9,11-14,20H2,1-2H3. The average molecular weight is 515 g/mol. The van der Waals surface area contributed by atoms with Crippen molar-refractivity contribution in [2.75, 3.05) is 6.61 Å². The molecule has 0 aromatic heterocycles. The Hall–Kier alpha value is -2.48. The van der Waals surface area contributed by atoms with Crippen LogP contribution in [0, 0.1) is 46.9 Å². The zero-order valence-corrected chi connectivity index (χ0v) is 22.0. The quantitative estimate of drug-likeness (QED) is 0.203. The predicted octanol–water partition coefficient (Wildman–Crippen LogP) is 9.43. The van der Waals surface area contributed by atoms with E-state index in [9.17, 15) is 8.78 Å². The first kappa shape index (κ1) is 27.6. The van der Waals surface area contributed by atoms with Gasteiger partial charge in [-0.1, -0.05) is 63.5 Å². The number of halogens is 4. The van der Waals surface area contributed by atoms with Gasteiger partial charge in [-0.25, -0.2) is 13.2 Å². The van der Waals surface area contributed by atoms with Crippen LogP contribution in [0.3, 0.4) is 0 Å². The van der Waals surface area contributed by atoms with E-state index in [1.165, 1.54) is 12.1 Å². The molecule has 1 nitrogen and oxygen atoms in total. The van der Waals surface area contributed by atoms with Crippen LogP contribution in [-0.4, -0.2) is 6.61 Å². The Balaban J connectivity index is 1.35. The minimum absolute atomic E-state index is 0.0140. The lowest BCUT2D eigenvalue weighted by molar-refractivity contribution is 0.286. The SMILES string of the molecule is CCCCCOc1ccc(C#CC2CCC(c3ccc(C4CCC(C)CC4)c(F)c3F)CC2)c(F)c1F. The van der Waals surface area contributed by atoms with Crippen LogP contribution in [0.2, 0.25) is 0 Å². The number of hydrogen-bond acceptors (Lipinski definition) is 1.